The summed E-state index contributed by atoms with van der Waals surface area (Å²) in [6.07, 6.45) is -4.30. The van der Waals surface area contributed by atoms with Crippen molar-refractivity contribution in [2.24, 2.45) is 0 Å². The molecule has 122 valence electrons. The van der Waals surface area contributed by atoms with Crippen molar-refractivity contribution in [2.45, 2.75) is 32.0 Å². The van der Waals surface area contributed by atoms with Crippen molar-refractivity contribution in [3.8, 4) is 0 Å². The molecular weight excluding hydrogens is 309 g/mol. The third kappa shape index (κ3) is 6.03. The maximum Gasteiger partial charge on any atom is 0.406 e. The number of amides is 2. The molecule has 1 aliphatic heterocycles. The topological polar surface area (TPSA) is 60.9 Å². The minimum absolute atomic E-state index is 0.00176. The fraction of sp³-hybridized carbons (Fsp3) is 0.833. The summed E-state index contributed by atoms with van der Waals surface area (Å²) in [5.41, 5.74) is 0. The highest BCUT2D eigenvalue weighted by Gasteiger charge is 2.37. The van der Waals surface area contributed by atoms with Gasteiger partial charge in [-0.2, -0.15) is 24.9 Å². The van der Waals surface area contributed by atoms with Gasteiger partial charge in [-0.1, -0.05) is 6.92 Å². The fourth-order valence-electron chi connectivity index (χ4n) is 2.19. The highest BCUT2D eigenvalue weighted by molar-refractivity contribution is 7.99. The molecule has 2 amide bonds. The zero-order valence-corrected chi connectivity index (χ0v) is 12.5. The van der Waals surface area contributed by atoms with Gasteiger partial charge in [0, 0.05) is 24.6 Å². The maximum atomic E-state index is 12.6. The van der Waals surface area contributed by atoms with Crippen molar-refractivity contribution in [3.05, 3.63) is 0 Å². The normalized spacial score (nSPS) is 19.4. The summed E-state index contributed by atoms with van der Waals surface area (Å²) < 4.78 is 37.7. The summed E-state index contributed by atoms with van der Waals surface area (Å²) in [6.45, 7) is 0.668. The van der Waals surface area contributed by atoms with Crippen LogP contribution in [-0.2, 0) is 4.79 Å². The van der Waals surface area contributed by atoms with Gasteiger partial charge in [-0.15, -0.1) is 0 Å². The van der Waals surface area contributed by atoms with Gasteiger partial charge in [-0.3, -0.25) is 4.79 Å². The van der Waals surface area contributed by atoms with E-state index in [4.69, 9.17) is 5.11 Å². The standard InChI is InChI=1S/C12H19F3N2O3S/c1-2-3-16(8-12(13,14)15)11(20)17-4-5-21-7-9(17)6-10(18)19/h9H,2-8H2,1H3,(H,18,19). The number of carboxylic acid groups (broad SMARTS) is 1. The molecule has 0 bridgehead atoms. The van der Waals surface area contributed by atoms with Gasteiger partial charge in [0.25, 0.3) is 0 Å². The molecule has 0 radical (unpaired) electrons. The van der Waals surface area contributed by atoms with Crippen LogP contribution in [0.15, 0.2) is 0 Å². The third-order valence-corrected chi connectivity index (χ3v) is 4.11. The summed E-state index contributed by atoms with van der Waals surface area (Å²) in [4.78, 5) is 25.2. The molecule has 5 nitrogen and oxygen atoms in total. The highest BCUT2D eigenvalue weighted by Crippen LogP contribution is 2.23. The predicted octanol–water partition coefficient (Wildman–Crippen LogP) is 2.27. The molecule has 0 aromatic rings. The molecule has 0 aromatic heterocycles. The van der Waals surface area contributed by atoms with Crippen LogP contribution in [0.25, 0.3) is 0 Å². The first-order valence-corrected chi connectivity index (χ1v) is 7.82. The molecule has 1 fully saturated rings. The number of carbonyl (C=O) groups is 2. The summed E-state index contributed by atoms with van der Waals surface area (Å²) in [6, 6.07) is -1.28. The minimum Gasteiger partial charge on any atom is -0.481 e. The van der Waals surface area contributed by atoms with E-state index in [2.05, 4.69) is 0 Å². The van der Waals surface area contributed by atoms with Crippen LogP contribution in [0.3, 0.4) is 0 Å². The molecule has 1 N–H and O–H groups in total. The maximum absolute atomic E-state index is 12.6. The number of carbonyl (C=O) groups excluding carboxylic acids is 1. The minimum atomic E-state index is -4.46. The molecule has 1 saturated heterocycles. The lowest BCUT2D eigenvalue weighted by Gasteiger charge is -2.38. The molecule has 0 spiro atoms. The van der Waals surface area contributed by atoms with Crippen LogP contribution in [0.2, 0.25) is 0 Å². The second-order valence-electron chi connectivity index (χ2n) is 4.84. The van der Waals surface area contributed by atoms with Crippen molar-refractivity contribution in [1.82, 2.24) is 9.80 Å². The van der Waals surface area contributed by atoms with Crippen LogP contribution in [0.5, 0.6) is 0 Å². The molecule has 1 rings (SSSR count). The third-order valence-electron chi connectivity index (χ3n) is 3.02. The highest BCUT2D eigenvalue weighted by atomic mass is 32.2. The van der Waals surface area contributed by atoms with E-state index in [0.717, 1.165) is 4.90 Å². The zero-order chi connectivity index (χ0) is 16.0. The van der Waals surface area contributed by atoms with Gasteiger partial charge in [0.2, 0.25) is 0 Å². The number of halogens is 3. The first kappa shape index (κ1) is 17.9. The molecule has 1 atom stereocenters. The van der Waals surface area contributed by atoms with Gasteiger partial charge >= 0.3 is 18.2 Å². The van der Waals surface area contributed by atoms with Crippen LogP contribution in [0, 0.1) is 0 Å². The number of urea groups is 1. The SMILES string of the molecule is CCCN(CC(F)(F)F)C(=O)N1CCSCC1CC(=O)O. The number of aliphatic carboxylic acids is 1. The van der Waals surface area contributed by atoms with E-state index >= 15 is 0 Å². The van der Waals surface area contributed by atoms with Gasteiger partial charge < -0.3 is 14.9 Å². The number of rotatable bonds is 5. The summed E-state index contributed by atoms with van der Waals surface area (Å²) in [7, 11) is 0. The van der Waals surface area contributed by atoms with Gasteiger partial charge in [0.05, 0.1) is 12.5 Å². The first-order chi connectivity index (χ1) is 9.74. The Morgan fingerprint density at radius 3 is 2.62 bits per heavy atom. The lowest BCUT2D eigenvalue weighted by molar-refractivity contribution is -0.142. The molecule has 0 aromatic carbocycles. The Kier molecular flexibility index (Phi) is 6.63. The Bertz CT molecular complexity index is 379. The number of carboxylic acids is 1. The van der Waals surface area contributed by atoms with Crippen molar-refractivity contribution >= 4 is 23.8 Å². The lowest BCUT2D eigenvalue weighted by Crippen LogP contribution is -2.54. The van der Waals surface area contributed by atoms with Crippen LogP contribution < -0.4 is 0 Å². The van der Waals surface area contributed by atoms with Gasteiger partial charge in [0.1, 0.15) is 6.54 Å². The Morgan fingerprint density at radius 2 is 2.10 bits per heavy atom. The summed E-state index contributed by atoms with van der Waals surface area (Å²) in [5.74, 6) is -0.0177. The van der Waals surface area contributed by atoms with Crippen molar-refractivity contribution in [1.29, 1.82) is 0 Å². The van der Waals surface area contributed by atoms with Gasteiger partial charge in [-0.25, -0.2) is 4.79 Å². The molecular formula is C12H19F3N2O3S. The Hall–Kier alpha value is -1.12. The van der Waals surface area contributed by atoms with Crippen molar-refractivity contribution in [2.75, 3.05) is 31.1 Å². The number of nitrogens with zero attached hydrogens (tertiary/aromatic N) is 2. The lowest BCUT2D eigenvalue weighted by atomic mass is 10.2. The van der Waals surface area contributed by atoms with Crippen molar-refractivity contribution in [3.63, 3.8) is 0 Å². The van der Waals surface area contributed by atoms with E-state index in [9.17, 15) is 22.8 Å². The van der Waals surface area contributed by atoms with Gasteiger partial charge in [0.15, 0.2) is 0 Å². The molecule has 21 heavy (non-hydrogen) atoms. The Labute approximate surface area is 125 Å². The van der Waals surface area contributed by atoms with Crippen LogP contribution in [0.4, 0.5) is 18.0 Å². The van der Waals surface area contributed by atoms with Crippen LogP contribution in [0.1, 0.15) is 19.8 Å². The van der Waals surface area contributed by atoms with E-state index in [-0.39, 0.29) is 19.5 Å². The quantitative estimate of drug-likeness (QED) is 0.841. The average Bonchev–Trinajstić information content (AvgIpc) is 2.36. The Morgan fingerprint density at radius 1 is 1.43 bits per heavy atom. The smallest absolute Gasteiger partial charge is 0.406 e. The Balaban J connectivity index is 2.80. The second kappa shape index (κ2) is 7.77. The molecule has 9 heteroatoms. The number of hydrogen-bond acceptors (Lipinski definition) is 3. The van der Waals surface area contributed by atoms with E-state index < -0.39 is 30.8 Å². The second-order valence-corrected chi connectivity index (χ2v) is 5.99. The molecule has 0 aliphatic carbocycles. The largest absolute Gasteiger partial charge is 0.481 e. The van der Waals surface area contributed by atoms with Crippen LogP contribution >= 0.6 is 11.8 Å². The number of thioether (sulfide) groups is 1. The van der Waals surface area contributed by atoms with Crippen LogP contribution in [-0.4, -0.2) is 70.3 Å². The van der Waals surface area contributed by atoms with E-state index in [0.29, 0.717) is 17.9 Å². The monoisotopic (exact) mass is 328 g/mol. The average molecular weight is 328 g/mol. The number of alkyl halides is 3. The summed E-state index contributed by atoms with van der Waals surface area (Å²) >= 11 is 1.51. The molecule has 1 heterocycles. The van der Waals surface area contributed by atoms with E-state index in [1.165, 1.54) is 16.7 Å². The predicted molar refractivity (Wildman–Crippen MR) is 73.4 cm³/mol. The molecule has 0 saturated carbocycles. The molecule has 1 unspecified atom stereocenters. The fourth-order valence-corrected chi connectivity index (χ4v) is 3.25. The van der Waals surface area contributed by atoms with Gasteiger partial charge in [-0.05, 0) is 6.42 Å². The summed E-state index contributed by atoms with van der Waals surface area (Å²) in [5, 5.41) is 8.85. The van der Waals surface area contributed by atoms with E-state index in [1.807, 2.05) is 0 Å². The molecule has 1 aliphatic rings. The number of hydrogen-bond donors (Lipinski definition) is 1. The first-order valence-electron chi connectivity index (χ1n) is 6.66. The zero-order valence-electron chi connectivity index (χ0n) is 11.7. The van der Waals surface area contributed by atoms with E-state index in [1.54, 1.807) is 6.92 Å². The van der Waals surface area contributed by atoms with Crippen molar-refractivity contribution < 1.29 is 27.9 Å².